The first-order chi connectivity index (χ1) is 15.5. The van der Waals surface area contributed by atoms with Crippen LogP contribution in [-0.4, -0.2) is 11.1 Å². The van der Waals surface area contributed by atoms with Crippen molar-refractivity contribution in [3.05, 3.63) is 97.5 Å². The standard InChI is InChI=1S/C25H18IN3O2S/c1-16-6-9-20(10-7-16)28-25-29-24(30)23(32-25)13-17-8-11-22(21(26)12-17)31-15-19-5-3-2-4-18(19)14-27/h2-13H,15H2,1H3,(H,28,29,30)/b23-13+. The summed E-state index contributed by atoms with van der Waals surface area (Å²) in [5, 5.41) is 12.6. The Morgan fingerprint density at radius 2 is 1.94 bits per heavy atom. The third-order valence-electron chi connectivity index (χ3n) is 4.69. The summed E-state index contributed by atoms with van der Waals surface area (Å²) < 4.78 is 6.84. The number of nitrogens with zero attached hydrogens (tertiary/aromatic N) is 2. The summed E-state index contributed by atoms with van der Waals surface area (Å²) >= 11 is 3.53. The molecule has 1 saturated heterocycles. The van der Waals surface area contributed by atoms with E-state index in [2.05, 4.69) is 39.0 Å². The van der Waals surface area contributed by atoms with Gasteiger partial charge in [0.2, 0.25) is 0 Å². The van der Waals surface area contributed by atoms with E-state index in [-0.39, 0.29) is 5.91 Å². The van der Waals surface area contributed by atoms with Gasteiger partial charge in [0, 0.05) is 5.56 Å². The van der Waals surface area contributed by atoms with Gasteiger partial charge in [-0.25, -0.2) is 4.99 Å². The first-order valence-electron chi connectivity index (χ1n) is 9.78. The van der Waals surface area contributed by atoms with Crippen LogP contribution in [0.5, 0.6) is 5.75 Å². The van der Waals surface area contributed by atoms with E-state index < -0.39 is 0 Å². The maximum Gasteiger partial charge on any atom is 0.264 e. The largest absolute Gasteiger partial charge is 0.488 e. The van der Waals surface area contributed by atoms with Gasteiger partial charge in [-0.2, -0.15) is 5.26 Å². The number of amidine groups is 1. The number of carbonyl (C=O) groups is 1. The summed E-state index contributed by atoms with van der Waals surface area (Å²) in [6.07, 6.45) is 1.84. The van der Waals surface area contributed by atoms with Crippen LogP contribution in [0.3, 0.4) is 0 Å². The quantitative estimate of drug-likeness (QED) is 0.315. The molecule has 0 radical (unpaired) electrons. The molecule has 1 amide bonds. The lowest BCUT2D eigenvalue weighted by atomic mass is 10.1. The van der Waals surface area contributed by atoms with Gasteiger partial charge in [-0.1, -0.05) is 42.0 Å². The van der Waals surface area contributed by atoms with E-state index in [4.69, 9.17) is 4.74 Å². The highest BCUT2D eigenvalue weighted by atomic mass is 127. The van der Waals surface area contributed by atoms with Gasteiger partial charge in [-0.15, -0.1) is 0 Å². The van der Waals surface area contributed by atoms with Crippen molar-refractivity contribution in [3.8, 4) is 11.8 Å². The number of amides is 1. The van der Waals surface area contributed by atoms with Gasteiger partial charge >= 0.3 is 0 Å². The second-order valence-electron chi connectivity index (χ2n) is 7.06. The molecule has 0 aliphatic carbocycles. The molecule has 7 heteroatoms. The third kappa shape index (κ3) is 5.39. The maximum absolute atomic E-state index is 12.4. The van der Waals surface area contributed by atoms with Crippen LogP contribution in [0.4, 0.5) is 5.69 Å². The second kappa shape index (κ2) is 10.0. The van der Waals surface area contributed by atoms with Crippen LogP contribution in [0, 0.1) is 21.8 Å². The Labute approximate surface area is 204 Å². The summed E-state index contributed by atoms with van der Waals surface area (Å²) in [4.78, 5) is 17.5. The van der Waals surface area contributed by atoms with Gasteiger partial charge in [0.15, 0.2) is 5.17 Å². The van der Waals surface area contributed by atoms with Gasteiger partial charge < -0.3 is 10.1 Å². The van der Waals surface area contributed by atoms with E-state index in [1.54, 1.807) is 6.07 Å². The van der Waals surface area contributed by atoms with Crippen LogP contribution in [0.1, 0.15) is 22.3 Å². The van der Waals surface area contributed by atoms with Crippen molar-refractivity contribution in [2.75, 3.05) is 0 Å². The zero-order valence-corrected chi connectivity index (χ0v) is 20.1. The molecule has 1 aliphatic heterocycles. The molecule has 5 nitrogen and oxygen atoms in total. The van der Waals surface area contributed by atoms with Gasteiger partial charge in [0.05, 0.1) is 25.8 Å². The highest BCUT2D eigenvalue weighted by Gasteiger charge is 2.23. The highest BCUT2D eigenvalue weighted by molar-refractivity contribution is 14.1. The Balaban J connectivity index is 1.46. The van der Waals surface area contributed by atoms with Crippen molar-refractivity contribution in [1.82, 2.24) is 5.32 Å². The molecule has 1 N–H and O–H groups in total. The Kier molecular flexibility index (Phi) is 6.93. The summed E-state index contributed by atoms with van der Waals surface area (Å²) in [6, 6.07) is 23.1. The number of carbonyl (C=O) groups excluding carboxylic acids is 1. The first kappa shape index (κ1) is 22.1. The van der Waals surface area contributed by atoms with E-state index in [0.717, 1.165) is 31.7 Å². The van der Waals surface area contributed by atoms with Crippen LogP contribution in [0.2, 0.25) is 0 Å². The lowest BCUT2D eigenvalue weighted by molar-refractivity contribution is -0.115. The maximum atomic E-state index is 12.4. The topological polar surface area (TPSA) is 74.5 Å². The second-order valence-corrected chi connectivity index (χ2v) is 9.26. The molecule has 0 atom stereocenters. The fourth-order valence-electron chi connectivity index (χ4n) is 3.00. The van der Waals surface area contributed by atoms with E-state index in [9.17, 15) is 10.1 Å². The fourth-order valence-corrected chi connectivity index (χ4v) is 4.54. The van der Waals surface area contributed by atoms with Crippen molar-refractivity contribution < 1.29 is 9.53 Å². The molecule has 158 valence electrons. The molecule has 0 aromatic heterocycles. The van der Waals surface area contributed by atoms with Gasteiger partial charge in [0.1, 0.15) is 12.4 Å². The summed E-state index contributed by atoms with van der Waals surface area (Å²) in [5.74, 6) is 0.565. The zero-order valence-electron chi connectivity index (χ0n) is 17.1. The number of aryl methyl sites for hydroxylation is 1. The average molecular weight is 551 g/mol. The Morgan fingerprint density at radius 1 is 1.16 bits per heavy atom. The molecule has 1 aliphatic rings. The molecule has 3 aromatic carbocycles. The molecule has 1 fully saturated rings. The van der Waals surface area contributed by atoms with Gasteiger partial charge in [0.25, 0.3) is 5.91 Å². The molecular weight excluding hydrogens is 533 g/mol. The van der Waals surface area contributed by atoms with E-state index in [0.29, 0.717) is 22.2 Å². The zero-order chi connectivity index (χ0) is 22.5. The van der Waals surface area contributed by atoms with Gasteiger partial charge in [-0.3, -0.25) is 4.79 Å². The van der Waals surface area contributed by atoms with Crippen LogP contribution in [-0.2, 0) is 11.4 Å². The van der Waals surface area contributed by atoms with E-state index in [1.165, 1.54) is 11.8 Å². The molecular formula is C25H18IN3O2S. The molecule has 1 heterocycles. The Bertz CT molecular complexity index is 1280. The van der Waals surface area contributed by atoms with Crippen molar-refractivity contribution >= 4 is 57.2 Å². The molecule has 0 spiro atoms. The minimum Gasteiger partial charge on any atom is -0.488 e. The van der Waals surface area contributed by atoms with Crippen molar-refractivity contribution in [2.24, 2.45) is 4.99 Å². The highest BCUT2D eigenvalue weighted by Crippen LogP contribution is 2.30. The third-order valence-corrected chi connectivity index (χ3v) is 6.44. The lowest BCUT2D eigenvalue weighted by Gasteiger charge is -2.10. The number of ether oxygens (including phenoxy) is 1. The number of benzene rings is 3. The lowest BCUT2D eigenvalue weighted by Crippen LogP contribution is -2.19. The van der Waals surface area contributed by atoms with Crippen LogP contribution in [0.15, 0.2) is 76.6 Å². The smallest absolute Gasteiger partial charge is 0.264 e. The van der Waals surface area contributed by atoms with Crippen LogP contribution >= 0.6 is 34.4 Å². The number of nitriles is 1. The average Bonchev–Trinajstić information content (AvgIpc) is 3.13. The molecule has 0 bridgehead atoms. The number of halogens is 1. The number of hydrogen-bond donors (Lipinski definition) is 1. The summed E-state index contributed by atoms with van der Waals surface area (Å²) in [7, 11) is 0. The first-order valence-corrected chi connectivity index (χ1v) is 11.7. The number of nitrogens with one attached hydrogen (secondary N) is 1. The molecule has 0 unspecified atom stereocenters. The SMILES string of the molecule is Cc1ccc(N=C2NC(=O)/C(=C\c3ccc(OCc4ccccc4C#N)c(I)c3)S2)cc1. The number of aliphatic imine (C=N–C) groups is 1. The number of rotatable bonds is 5. The van der Waals surface area contributed by atoms with E-state index >= 15 is 0 Å². The van der Waals surface area contributed by atoms with Gasteiger partial charge in [-0.05, 0) is 83.2 Å². The Hall–Kier alpha value is -3.09. The monoisotopic (exact) mass is 551 g/mol. The Morgan fingerprint density at radius 3 is 2.69 bits per heavy atom. The van der Waals surface area contributed by atoms with Crippen LogP contribution in [0.25, 0.3) is 6.08 Å². The van der Waals surface area contributed by atoms with Crippen LogP contribution < -0.4 is 10.1 Å². The minimum atomic E-state index is -0.163. The summed E-state index contributed by atoms with van der Waals surface area (Å²) in [6.45, 7) is 2.34. The predicted molar refractivity (Wildman–Crippen MR) is 137 cm³/mol. The number of thioether (sulfide) groups is 1. The summed E-state index contributed by atoms with van der Waals surface area (Å²) in [5.41, 5.74) is 4.31. The van der Waals surface area contributed by atoms with Crippen molar-refractivity contribution in [3.63, 3.8) is 0 Å². The normalized spacial score (nSPS) is 15.6. The predicted octanol–water partition coefficient (Wildman–Crippen LogP) is 5.94. The van der Waals surface area contributed by atoms with E-state index in [1.807, 2.05) is 73.7 Å². The molecule has 3 aromatic rings. The minimum absolute atomic E-state index is 0.163. The number of hydrogen-bond acceptors (Lipinski definition) is 5. The molecule has 0 saturated carbocycles. The van der Waals surface area contributed by atoms with Crippen molar-refractivity contribution in [1.29, 1.82) is 5.26 Å². The fraction of sp³-hybridized carbons (Fsp3) is 0.0800. The molecule has 32 heavy (non-hydrogen) atoms. The van der Waals surface area contributed by atoms with Crippen molar-refractivity contribution in [2.45, 2.75) is 13.5 Å². The molecule has 4 rings (SSSR count).